The van der Waals surface area contributed by atoms with Crippen molar-refractivity contribution in [3.05, 3.63) is 46.7 Å². The monoisotopic (exact) mass is 292 g/mol. The third-order valence-electron chi connectivity index (χ3n) is 2.56. The van der Waals surface area contributed by atoms with Gasteiger partial charge in [-0.25, -0.2) is 0 Å². The molecule has 20 heavy (non-hydrogen) atoms. The van der Waals surface area contributed by atoms with Crippen LogP contribution in [0.3, 0.4) is 0 Å². The normalized spacial score (nSPS) is 10.2. The molecule has 104 valence electrons. The molecule has 1 aromatic heterocycles. The lowest BCUT2D eigenvalue weighted by Gasteiger charge is -2.05. The molecule has 0 unspecified atom stereocenters. The quantitative estimate of drug-likeness (QED) is 0.910. The van der Waals surface area contributed by atoms with Gasteiger partial charge in [0.05, 0.1) is 0 Å². The molecule has 0 aliphatic rings. The van der Waals surface area contributed by atoms with Crippen molar-refractivity contribution < 1.29 is 14.0 Å². The molecule has 0 saturated heterocycles. The van der Waals surface area contributed by atoms with Crippen molar-refractivity contribution in [2.24, 2.45) is 0 Å². The van der Waals surface area contributed by atoms with Crippen LogP contribution < -0.4 is 10.6 Å². The molecule has 2 N–H and O–H groups in total. The summed E-state index contributed by atoms with van der Waals surface area (Å²) in [5, 5.41) is 5.69. The molecule has 0 bridgehead atoms. The van der Waals surface area contributed by atoms with Gasteiger partial charge in [0, 0.05) is 23.7 Å². The Balaban J connectivity index is 2.09. The lowest BCUT2D eigenvalue weighted by atomic mass is 10.2. The summed E-state index contributed by atoms with van der Waals surface area (Å²) >= 11 is 5.98. The Labute approximate surface area is 120 Å². The fraction of sp³-hybridized carbons (Fsp3) is 0.143. The van der Waals surface area contributed by atoms with E-state index in [0.29, 0.717) is 10.7 Å². The minimum absolute atomic E-state index is 0.102. The van der Waals surface area contributed by atoms with Crippen LogP contribution in [-0.2, 0) is 4.79 Å². The number of anilines is 2. The summed E-state index contributed by atoms with van der Waals surface area (Å²) in [5.41, 5.74) is 1.50. The summed E-state index contributed by atoms with van der Waals surface area (Å²) in [6.45, 7) is 3.23. The van der Waals surface area contributed by atoms with Gasteiger partial charge in [-0.3, -0.25) is 14.9 Å². The van der Waals surface area contributed by atoms with Crippen LogP contribution in [0.4, 0.5) is 11.6 Å². The number of hydrogen-bond donors (Lipinski definition) is 2. The van der Waals surface area contributed by atoms with Crippen LogP contribution in [0, 0.1) is 6.92 Å². The fourth-order valence-corrected chi connectivity index (χ4v) is 1.74. The van der Waals surface area contributed by atoms with Crippen LogP contribution in [0.5, 0.6) is 0 Å². The minimum Gasteiger partial charge on any atom is -0.435 e. The lowest BCUT2D eigenvalue weighted by molar-refractivity contribution is -0.114. The largest absolute Gasteiger partial charge is 0.435 e. The second kappa shape index (κ2) is 5.79. The van der Waals surface area contributed by atoms with Gasteiger partial charge < -0.3 is 9.73 Å². The van der Waals surface area contributed by atoms with E-state index in [4.69, 9.17) is 16.0 Å². The second-order valence-corrected chi connectivity index (χ2v) is 4.67. The molecule has 2 rings (SSSR count). The van der Waals surface area contributed by atoms with Gasteiger partial charge in [0.15, 0.2) is 11.6 Å². The van der Waals surface area contributed by atoms with Gasteiger partial charge in [0.25, 0.3) is 5.91 Å². The Morgan fingerprint density at radius 2 is 1.90 bits per heavy atom. The van der Waals surface area contributed by atoms with E-state index in [2.05, 4.69) is 10.6 Å². The minimum atomic E-state index is -0.415. The van der Waals surface area contributed by atoms with Gasteiger partial charge in [-0.1, -0.05) is 17.7 Å². The molecule has 2 amide bonds. The average molecular weight is 293 g/mol. The van der Waals surface area contributed by atoms with Gasteiger partial charge in [-0.15, -0.1) is 0 Å². The smallest absolute Gasteiger partial charge is 0.291 e. The van der Waals surface area contributed by atoms with Crippen LogP contribution >= 0.6 is 11.6 Å². The Morgan fingerprint density at radius 3 is 2.55 bits per heavy atom. The van der Waals surface area contributed by atoms with Crippen molar-refractivity contribution in [2.45, 2.75) is 13.8 Å². The maximum Gasteiger partial charge on any atom is 0.291 e. The summed E-state index contributed by atoms with van der Waals surface area (Å²) in [5.74, 6) is -0.354. The van der Waals surface area contributed by atoms with Crippen molar-refractivity contribution in [3.8, 4) is 0 Å². The van der Waals surface area contributed by atoms with Crippen LogP contribution in [0.15, 0.2) is 34.7 Å². The Kier molecular flexibility index (Phi) is 4.10. The third-order valence-corrected chi connectivity index (χ3v) is 2.97. The maximum absolute atomic E-state index is 11.9. The van der Waals surface area contributed by atoms with Crippen molar-refractivity contribution in [2.75, 3.05) is 10.6 Å². The van der Waals surface area contributed by atoms with Gasteiger partial charge in [0.2, 0.25) is 5.91 Å². The number of rotatable bonds is 3. The molecule has 1 aromatic carbocycles. The molecule has 0 radical (unpaired) electrons. The summed E-state index contributed by atoms with van der Waals surface area (Å²) in [7, 11) is 0. The first kappa shape index (κ1) is 14.1. The highest BCUT2D eigenvalue weighted by Gasteiger charge is 2.12. The van der Waals surface area contributed by atoms with E-state index >= 15 is 0 Å². The number of carbonyl (C=O) groups is 2. The highest BCUT2D eigenvalue weighted by Crippen LogP contribution is 2.21. The van der Waals surface area contributed by atoms with Crippen molar-refractivity contribution in [1.29, 1.82) is 0 Å². The molecule has 0 atom stereocenters. The van der Waals surface area contributed by atoms with E-state index in [1.54, 1.807) is 12.1 Å². The first-order chi connectivity index (χ1) is 9.45. The molecular weight excluding hydrogens is 280 g/mol. The molecule has 5 nitrogen and oxygen atoms in total. The SMILES string of the molecule is CC(=O)Nc1ccc(C(=O)Nc2ccc(C)c(Cl)c2)o1. The number of carbonyl (C=O) groups excluding carboxylic acids is 2. The number of amides is 2. The predicted octanol–water partition coefficient (Wildman–Crippen LogP) is 3.45. The maximum atomic E-state index is 11.9. The molecule has 0 spiro atoms. The number of furan rings is 1. The molecule has 0 saturated carbocycles. The zero-order valence-electron chi connectivity index (χ0n) is 11.0. The number of nitrogens with one attached hydrogen (secondary N) is 2. The molecule has 2 aromatic rings. The van der Waals surface area contributed by atoms with Crippen LogP contribution in [0.25, 0.3) is 0 Å². The van der Waals surface area contributed by atoms with E-state index < -0.39 is 5.91 Å². The first-order valence-electron chi connectivity index (χ1n) is 5.90. The van der Waals surface area contributed by atoms with E-state index in [1.165, 1.54) is 19.1 Å². The fourth-order valence-electron chi connectivity index (χ4n) is 1.56. The number of hydrogen-bond acceptors (Lipinski definition) is 3. The lowest BCUT2D eigenvalue weighted by Crippen LogP contribution is -2.11. The Hall–Kier alpha value is -2.27. The summed E-state index contributed by atoms with van der Waals surface area (Å²) in [6.07, 6.45) is 0. The molecule has 6 heteroatoms. The zero-order chi connectivity index (χ0) is 14.7. The number of aryl methyl sites for hydroxylation is 1. The highest BCUT2D eigenvalue weighted by atomic mass is 35.5. The highest BCUT2D eigenvalue weighted by molar-refractivity contribution is 6.31. The molecule has 0 fully saturated rings. The summed E-state index contributed by atoms with van der Waals surface area (Å²) < 4.78 is 5.21. The van der Waals surface area contributed by atoms with Crippen LogP contribution in [0.2, 0.25) is 5.02 Å². The van der Waals surface area contributed by atoms with Crippen molar-refractivity contribution >= 4 is 35.0 Å². The van der Waals surface area contributed by atoms with E-state index in [-0.39, 0.29) is 17.6 Å². The van der Waals surface area contributed by atoms with Crippen LogP contribution in [0.1, 0.15) is 23.0 Å². The standard InChI is InChI=1S/C14H13ClN2O3/c1-8-3-4-10(7-11(8)15)17-14(19)12-5-6-13(20-12)16-9(2)18/h3-7H,1-2H3,(H,16,18)(H,17,19). The van der Waals surface area contributed by atoms with Crippen molar-refractivity contribution in [3.63, 3.8) is 0 Å². The topological polar surface area (TPSA) is 71.3 Å². The Morgan fingerprint density at radius 1 is 1.15 bits per heavy atom. The second-order valence-electron chi connectivity index (χ2n) is 4.26. The van der Waals surface area contributed by atoms with Gasteiger partial charge in [-0.05, 0) is 30.7 Å². The third kappa shape index (κ3) is 3.39. The van der Waals surface area contributed by atoms with E-state index in [0.717, 1.165) is 5.56 Å². The van der Waals surface area contributed by atoms with Crippen molar-refractivity contribution in [1.82, 2.24) is 0 Å². The van der Waals surface area contributed by atoms with E-state index in [1.807, 2.05) is 13.0 Å². The molecule has 0 aliphatic heterocycles. The van der Waals surface area contributed by atoms with Gasteiger partial charge in [0.1, 0.15) is 0 Å². The molecular formula is C14H13ClN2O3. The predicted molar refractivity (Wildman–Crippen MR) is 77.2 cm³/mol. The zero-order valence-corrected chi connectivity index (χ0v) is 11.7. The molecule has 1 heterocycles. The first-order valence-corrected chi connectivity index (χ1v) is 6.28. The van der Waals surface area contributed by atoms with E-state index in [9.17, 15) is 9.59 Å². The average Bonchev–Trinajstić information content (AvgIpc) is 2.81. The van der Waals surface area contributed by atoms with Gasteiger partial charge in [-0.2, -0.15) is 0 Å². The molecule has 0 aliphatic carbocycles. The Bertz CT molecular complexity index is 664. The number of benzene rings is 1. The summed E-state index contributed by atoms with van der Waals surface area (Å²) in [4.78, 5) is 22.8. The van der Waals surface area contributed by atoms with Gasteiger partial charge >= 0.3 is 0 Å². The van der Waals surface area contributed by atoms with Crippen LogP contribution in [-0.4, -0.2) is 11.8 Å². The number of halogens is 1. The summed E-state index contributed by atoms with van der Waals surface area (Å²) in [6, 6.07) is 8.21.